The predicted octanol–water partition coefficient (Wildman–Crippen LogP) is 1.32. The average Bonchev–Trinajstić information content (AvgIpc) is 2.66. The molecule has 0 saturated heterocycles. The van der Waals surface area contributed by atoms with E-state index in [-0.39, 0.29) is 12.3 Å². The molecule has 0 saturated carbocycles. The Bertz CT molecular complexity index is 628. The second kappa shape index (κ2) is 14.8. The maximum atomic E-state index is 11.9. The lowest BCUT2D eigenvalue weighted by Gasteiger charge is -2.19. The molecule has 9 heteroatoms. The Hall–Kier alpha value is -2.10. The standard InChI is InChI=1S/C15H22N2O3.C5H11NO2S/c1-10(2)8-12(16)14(18)17-13(15(19)20)9-11-6-4-3-5-7-11;1-9-3-2-4(6)5(7)8/h3-7,10,12-13H,8-9,16H2,1-2H3,(H,17,18)(H,19,20);4H,2-3,6H2,1H3,(H,7,8). The number of carbonyl (C=O) groups is 3. The van der Waals surface area contributed by atoms with Gasteiger partial charge in [0.1, 0.15) is 12.1 Å². The third-order valence-corrected chi connectivity index (χ3v) is 4.55. The molecule has 0 heterocycles. The number of hydrogen-bond acceptors (Lipinski definition) is 6. The first kappa shape index (κ1) is 26.9. The van der Waals surface area contributed by atoms with Crippen LogP contribution in [0.2, 0.25) is 0 Å². The van der Waals surface area contributed by atoms with Crippen molar-refractivity contribution in [1.82, 2.24) is 5.32 Å². The highest BCUT2D eigenvalue weighted by Crippen LogP contribution is 2.06. The molecule has 0 aliphatic carbocycles. The lowest BCUT2D eigenvalue weighted by atomic mass is 10.0. The van der Waals surface area contributed by atoms with Crippen LogP contribution in [0.3, 0.4) is 0 Å². The number of carbonyl (C=O) groups excluding carboxylic acids is 1. The molecule has 0 radical (unpaired) electrons. The quantitative estimate of drug-likeness (QED) is 0.354. The monoisotopic (exact) mass is 427 g/mol. The van der Waals surface area contributed by atoms with Gasteiger partial charge in [-0.2, -0.15) is 11.8 Å². The van der Waals surface area contributed by atoms with E-state index in [4.69, 9.17) is 16.6 Å². The number of carboxylic acids is 2. The van der Waals surface area contributed by atoms with Gasteiger partial charge in [0, 0.05) is 6.42 Å². The van der Waals surface area contributed by atoms with Crippen LogP contribution in [-0.2, 0) is 20.8 Å². The molecule has 0 aromatic heterocycles. The first-order chi connectivity index (χ1) is 13.6. The van der Waals surface area contributed by atoms with Crippen molar-refractivity contribution in [1.29, 1.82) is 0 Å². The summed E-state index contributed by atoms with van der Waals surface area (Å²) in [6, 6.07) is 6.87. The summed E-state index contributed by atoms with van der Waals surface area (Å²) in [6.07, 6.45) is 3.25. The topological polar surface area (TPSA) is 156 Å². The van der Waals surface area contributed by atoms with Gasteiger partial charge in [-0.05, 0) is 36.3 Å². The molecule has 164 valence electrons. The fraction of sp³-hybridized carbons (Fsp3) is 0.550. The molecule has 3 atom stereocenters. The van der Waals surface area contributed by atoms with Crippen LogP contribution in [0.15, 0.2) is 30.3 Å². The Labute approximate surface area is 176 Å². The highest BCUT2D eigenvalue weighted by atomic mass is 32.2. The number of aliphatic carboxylic acids is 2. The van der Waals surface area contributed by atoms with E-state index in [9.17, 15) is 19.5 Å². The minimum atomic E-state index is -1.06. The highest BCUT2D eigenvalue weighted by Gasteiger charge is 2.23. The van der Waals surface area contributed by atoms with Crippen molar-refractivity contribution in [3.05, 3.63) is 35.9 Å². The first-order valence-corrected chi connectivity index (χ1v) is 10.8. The van der Waals surface area contributed by atoms with Gasteiger partial charge in [-0.15, -0.1) is 0 Å². The smallest absolute Gasteiger partial charge is 0.326 e. The molecule has 0 spiro atoms. The van der Waals surface area contributed by atoms with Crippen LogP contribution in [-0.4, -0.2) is 58.2 Å². The van der Waals surface area contributed by atoms with E-state index in [1.165, 1.54) is 0 Å². The SMILES string of the molecule is CC(C)CC(N)C(=O)NC(Cc1ccccc1)C(=O)O.CSCCC(N)C(=O)O. The molecule has 29 heavy (non-hydrogen) atoms. The van der Waals surface area contributed by atoms with Crippen LogP contribution in [0.5, 0.6) is 0 Å². The summed E-state index contributed by atoms with van der Waals surface area (Å²) in [5.41, 5.74) is 11.8. The molecule has 7 N–H and O–H groups in total. The molecular formula is C20H33N3O5S. The predicted molar refractivity (Wildman–Crippen MR) is 116 cm³/mol. The zero-order valence-electron chi connectivity index (χ0n) is 17.2. The number of thioether (sulfide) groups is 1. The third kappa shape index (κ3) is 12.9. The van der Waals surface area contributed by atoms with Gasteiger partial charge in [0.15, 0.2) is 0 Å². The lowest BCUT2D eigenvalue weighted by molar-refractivity contribution is -0.142. The number of carboxylic acid groups (broad SMARTS) is 2. The van der Waals surface area contributed by atoms with Gasteiger partial charge >= 0.3 is 11.9 Å². The zero-order chi connectivity index (χ0) is 22.4. The van der Waals surface area contributed by atoms with Crippen LogP contribution in [0, 0.1) is 5.92 Å². The highest BCUT2D eigenvalue weighted by molar-refractivity contribution is 7.98. The van der Waals surface area contributed by atoms with Crippen LogP contribution in [0.4, 0.5) is 0 Å². The van der Waals surface area contributed by atoms with Crippen LogP contribution < -0.4 is 16.8 Å². The molecule has 1 aromatic carbocycles. The fourth-order valence-corrected chi connectivity index (χ4v) is 2.80. The molecule has 1 aromatic rings. The van der Waals surface area contributed by atoms with E-state index < -0.39 is 36.0 Å². The molecule has 0 bridgehead atoms. The van der Waals surface area contributed by atoms with E-state index in [1.807, 2.05) is 50.4 Å². The van der Waals surface area contributed by atoms with E-state index in [1.54, 1.807) is 11.8 Å². The normalized spacial score (nSPS) is 13.6. The minimum absolute atomic E-state index is 0.246. The minimum Gasteiger partial charge on any atom is -0.480 e. The van der Waals surface area contributed by atoms with Gasteiger partial charge in [-0.1, -0.05) is 44.2 Å². The summed E-state index contributed by atoms with van der Waals surface area (Å²) >= 11 is 1.60. The number of nitrogens with one attached hydrogen (secondary N) is 1. The van der Waals surface area contributed by atoms with Crippen molar-refractivity contribution in [2.45, 2.75) is 51.2 Å². The number of amides is 1. The van der Waals surface area contributed by atoms with Gasteiger partial charge in [0.25, 0.3) is 0 Å². The van der Waals surface area contributed by atoms with Gasteiger partial charge in [0.2, 0.25) is 5.91 Å². The summed E-state index contributed by atoms with van der Waals surface area (Å²) in [4.78, 5) is 33.2. The van der Waals surface area contributed by atoms with Gasteiger partial charge in [-0.3, -0.25) is 9.59 Å². The summed E-state index contributed by atoms with van der Waals surface area (Å²) in [7, 11) is 0. The Balaban J connectivity index is 0.000000734. The Morgan fingerprint density at radius 1 is 1.03 bits per heavy atom. The van der Waals surface area contributed by atoms with Crippen molar-refractivity contribution in [3.8, 4) is 0 Å². The van der Waals surface area contributed by atoms with Crippen LogP contribution in [0.1, 0.15) is 32.3 Å². The fourth-order valence-electron chi connectivity index (χ4n) is 2.31. The number of rotatable bonds is 11. The molecule has 0 fully saturated rings. The van der Waals surface area contributed by atoms with Crippen molar-refractivity contribution in [2.24, 2.45) is 17.4 Å². The Morgan fingerprint density at radius 2 is 1.62 bits per heavy atom. The van der Waals surface area contributed by atoms with E-state index in [0.29, 0.717) is 12.8 Å². The van der Waals surface area contributed by atoms with Crippen molar-refractivity contribution in [3.63, 3.8) is 0 Å². The number of nitrogens with two attached hydrogens (primary N) is 2. The molecule has 0 aliphatic rings. The molecule has 8 nitrogen and oxygen atoms in total. The van der Waals surface area contributed by atoms with Gasteiger partial charge in [0.05, 0.1) is 6.04 Å². The zero-order valence-corrected chi connectivity index (χ0v) is 18.0. The first-order valence-electron chi connectivity index (χ1n) is 9.38. The molecular weight excluding hydrogens is 394 g/mol. The van der Waals surface area contributed by atoms with Crippen molar-refractivity contribution >= 4 is 29.6 Å². The van der Waals surface area contributed by atoms with E-state index in [0.717, 1.165) is 11.3 Å². The van der Waals surface area contributed by atoms with E-state index >= 15 is 0 Å². The maximum Gasteiger partial charge on any atom is 0.326 e. The van der Waals surface area contributed by atoms with Crippen molar-refractivity contribution < 1.29 is 24.6 Å². The molecule has 1 rings (SSSR count). The summed E-state index contributed by atoms with van der Waals surface area (Å²) < 4.78 is 0. The van der Waals surface area contributed by atoms with Crippen LogP contribution >= 0.6 is 11.8 Å². The second-order valence-corrected chi connectivity index (χ2v) is 8.04. The summed E-state index contributed by atoms with van der Waals surface area (Å²) in [5, 5.41) is 20.0. The maximum absolute atomic E-state index is 11.9. The lowest BCUT2D eigenvalue weighted by Crippen LogP contribution is -2.49. The van der Waals surface area contributed by atoms with Gasteiger partial charge in [-0.25, -0.2) is 4.79 Å². The average molecular weight is 428 g/mol. The Kier molecular flexibility index (Phi) is 13.8. The van der Waals surface area contributed by atoms with Gasteiger partial charge < -0.3 is 27.0 Å². The molecule has 1 amide bonds. The van der Waals surface area contributed by atoms with Crippen molar-refractivity contribution in [2.75, 3.05) is 12.0 Å². The third-order valence-electron chi connectivity index (χ3n) is 3.91. The number of benzene rings is 1. The number of hydrogen-bond donors (Lipinski definition) is 5. The van der Waals surface area contributed by atoms with E-state index in [2.05, 4.69) is 5.32 Å². The Morgan fingerprint density at radius 3 is 2.07 bits per heavy atom. The summed E-state index contributed by atoms with van der Waals surface area (Å²) in [6.45, 7) is 3.93. The largest absolute Gasteiger partial charge is 0.480 e. The molecule has 0 aliphatic heterocycles. The second-order valence-electron chi connectivity index (χ2n) is 7.05. The molecule has 3 unspecified atom stereocenters. The summed E-state index contributed by atoms with van der Waals surface area (Å²) in [5.74, 6) is -1.29. The van der Waals surface area contributed by atoms with Crippen LogP contribution in [0.25, 0.3) is 0 Å².